The number of carbonyl (C=O) groups is 1. The molecule has 0 radical (unpaired) electrons. The Labute approximate surface area is 152 Å². The van der Waals surface area contributed by atoms with Gasteiger partial charge < -0.3 is 10.1 Å². The van der Waals surface area contributed by atoms with Crippen LogP contribution in [0.1, 0.15) is 28.4 Å². The lowest BCUT2D eigenvalue weighted by Crippen LogP contribution is -2.28. The van der Waals surface area contributed by atoms with Gasteiger partial charge in [-0.1, -0.05) is 19.1 Å². The maximum Gasteiger partial charge on any atom is 0.251 e. The summed E-state index contributed by atoms with van der Waals surface area (Å²) in [6.45, 7) is 4.95. The van der Waals surface area contributed by atoms with Gasteiger partial charge in [-0.2, -0.15) is 0 Å². The number of ether oxygens (including phenoxy) is 1. The van der Waals surface area contributed by atoms with Crippen LogP contribution >= 0.6 is 0 Å². The maximum absolute atomic E-state index is 12.3. The molecule has 7 heteroatoms. The molecule has 1 aromatic carbocycles. The first-order valence-corrected chi connectivity index (χ1v) is 8.49. The quantitative estimate of drug-likeness (QED) is 0.661. The Hall–Kier alpha value is -3.22. The van der Waals surface area contributed by atoms with Crippen molar-refractivity contribution < 1.29 is 9.53 Å². The molecule has 0 bridgehead atoms. The van der Waals surface area contributed by atoms with Crippen molar-refractivity contribution in [2.45, 2.75) is 20.3 Å². The standard InChI is InChI=1S/C19H21N5O2/c1-3-15-5-4-14(2)10-17(15)26-9-8-21-19(25)16-6-7-20-18(11-16)24-12-22-23-13-24/h4-7,10-13H,3,8-9H2,1-2H3,(H,21,25). The molecule has 3 aromatic rings. The Morgan fingerprint density at radius 2 is 2.00 bits per heavy atom. The van der Waals surface area contributed by atoms with Crippen LogP contribution in [0.3, 0.4) is 0 Å². The molecule has 1 N–H and O–H groups in total. The van der Waals surface area contributed by atoms with Crippen molar-refractivity contribution in [3.8, 4) is 11.6 Å². The molecule has 7 nitrogen and oxygen atoms in total. The van der Waals surface area contributed by atoms with Gasteiger partial charge in [-0.15, -0.1) is 10.2 Å². The van der Waals surface area contributed by atoms with Crippen LogP contribution in [-0.2, 0) is 6.42 Å². The zero-order valence-electron chi connectivity index (χ0n) is 14.8. The van der Waals surface area contributed by atoms with E-state index in [2.05, 4.69) is 39.6 Å². The van der Waals surface area contributed by atoms with Crippen molar-refractivity contribution in [1.82, 2.24) is 25.1 Å². The van der Waals surface area contributed by atoms with Crippen LogP contribution in [-0.4, -0.2) is 38.8 Å². The summed E-state index contributed by atoms with van der Waals surface area (Å²) >= 11 is 0. The molecular weight excluding hydrogens is 330 g/mol. The molecule has 1 amide bonds. The highest BCUT2D eigenvalue weighted by atomic mass is 16.5. The third kappa shape index (κ3) is 4.24. The van der Waals surface area contributed by atoms with Gasteiger partial charge in [0.25, 0.3) is 5.91 Å². The molecule has 26 heavy (non-hydrogen) atoms. The van der Waals surface area contributed by atoms with Crippen LogP contribution in [0.15, 0.2) is 49.2 Å². The van der Waals surface area contributed by atoms with Crippen molar-refractivity contribution in [2.75, 3.05) is 13.2 Å². The third-order valence-electron chi connectivity index (χ3n) is 3.94. The molecule has 0 spiro atoms. The topological polar surface area (TPSA) is 81.9 Å². The average Bonchev–Trinajstić information content (AvgIpc) is 3.20. The Bertz CT molecular complexity index is 877. The Balaban J connectivity index is 1.55. The molecule has 0 saturated heterocycles. The molecule has 0 saturated carbocycles. The van der Waals surface area contributed by atoms with E-state index in [0.717, 1.165) is 23.3 Å². The Morgan fingerprint density at radius 1 is 1.19 bits per heavy atom. The van der Waals surface area contributed by atoms with Gasteiger partial charge in [-0.05, 0) is 42.7 Å². The normalized spacial score (nSPS) is 10.5. The molecule has 0 unspecified atom stereocenters. The molecule has 3 rings (SSSR count). The fourth-order valence-electron chi connectivity index (χ4n) is 2.54. The lowest BCUT2D eigenvalue weighted by Gasteiger charge is -2.12. The SMILES string of the molecule is CCc1ccc(C)cc1OCCNC(=O)c1ccnc(-n2cnnc2)c1. The van der Waals surface area contributed by atoms with Gasteiger partial charge in [0.2, 0.25) is 0 Å². The molecular formula is C19H21N5O2. The highest BCUT2D eigenvalue weighted by Gasteiger charge is 2.08. The van der Waals surface area contributed by atoms with Gasteiger partial charge in [0.05, 0.1) is 6.54 Å². The summed E-state index contributed by atoms with van der Waals surface area (Å²) in [5.41, 5.74) is 2.84. The zero-order chi connectivity index (χ0) is 18.4. The Kier molecular flexibility index (Phi) is 5.58. The number of hydrogen-bond donors (Lipinski definition) is 1. The van der Waals surface area contributed by atoms with Gasteiger partial charge in [-0.25, -0.2) is 4.98 Å². The average molecular weight is 351 g/mol. The summed E-state index contributed by atoms with van der Waals surface area (Å²) in [6.07, 6.45) is 5.56. The molecule has 0 aliphatic carbocycles. The van der Waals surface area contributed by atoms with Gasteiger partial charge in [0.1, 0.15) is 30.8 Å². The van der Waals surface area contributed by atoms with Crippen LogP contribution in [0.4, 0.5) is 0 Å². The number of aromatic nitrogens is 4. The molecule has 0 atom stereocenters. The summed E-state index contributed by atoms with van der Waals surface area (Å²) in [5, 5.41) is 10.3. The molecule has 0 aliphatic heterocycles. The second-order valence-electron chi connectivity index (χ2n) is 5.84. The van der Waals surface area contributed by atoms with Crippen molar-refractivity contribution in [1.29, 1.82) is 0 Å². The second-order valence-corrected chi connectivity index (χ2v) is 5.84. The fraction of sp³-hybridized carbons (Fsp3) is 0.263. The third-order valence-corrected chi connectivity index (χ3v) is 3.94. The first-order valence-electron chi connectivity index (χ1n) is 8.49. The molecule has 0 aliphatic rings. The van der Waals surface area contributed by atoms with Gasteiger partial charge in [0, 0.05) is 11.8 Å². The van der Waals surface area contributed by atoms with E-state index in [4.69, 9.17) is 4.74 Å². The first kappa shape index (κ1) is 17.6. The van der Waals surface area contributed by atoms with Crippen LogP contribution in [0.25, 0.3) is 5.82 Å². The van der Waals surface area contributed by atoms with Crippen LogP contribution in [0.5, 0.6) is 5.75 Å². The van der Waals surface area contributed by atoms with E-state index >= 15 is 0 Å². The number of rotatable bonds is 7. The number of benzene rings is 1. The summed E-state index contributed by atoms with van der Waals surface area (Å²) in [7, 11) is 0. The number of carbonyl (C=O) groups excluding carboxylic acids is 1. The van der Waals surface area contributed by atoms with Crippen molar-refractivity contribution >= 4 is 5.91 Å². The van der Waals surface area contributed by atoms with Crippen LogP contribution in [0, 0.1) is 6.92 Å². The van der Waals surface area contributed by atoms with Crippen LogP contribution < -0.4 is 10.1 Å². The van der Waals surface area contributed by atoms with E-state index in [1.807, 2.05) is 13.0 Å². The number of amides is 1. The second kappa shape index (κ2) is 8.24. The van der Waals surface area contributed by atoms with Crippen molar-refractivity contribution in [3.63, 3.8) is 0 Å². The summed E-state index contributed by atoms with van der Waals surface area (Å²) in [5.74, 6) is 1.29. The summed E-state index contributed by atoms with van der Waals surface area (Å²) in [4.78, 5) is 16.5. The summed E-state index contributed by atoms with van der Waals surface area (Å²) < 4.78 is 7.47. The number of hydrogen-bond acceptors (Lipinski definition) is 5. The predicted octanol–water partition coefficient (Wildman–Crippen LogP) is 2.34. The van der Waals surface area contributed by atoms with Gasteiger partial charge in [0.15, 0.2) is 0 Å². The fourth-order valence-corrected chi connectivity index (χ4v) is 2.54. The zero-order valence-corrected chi connectivity index (χ0v) is 14.8. The lowest BCUT2D eigenvalue weighted by atomic mass is 10.1. The van der Waals surface area contributed by atoms with Crippen LogP contribution in [0.2, 0.25) is 0 Å². The van der Waals surface area contributed by atoms with Gasteiger partial charge >= 0.3 is 0 Å². The highest BCUT2D eigenvalue weighted by molar-refractivity contribution is 5.94. The number of nitrogens with zero attached hydrogens (tertiary/aromatic N) is 4. The monoisotopic (exact) mass is 351 g/mol. The number of pyridine rings is 1. The predicted molar refractivity (Wildman–Crippen MR) is 97.5 cm³/mol. The van der Waals surface area contributed by atoms with Gasteiger partial charge in [-0.3, -0.25) is 9.36 Å². The molecule has 2 aromatic heterocycles. The number of nitrogens with one attached hydrogen (secondary N) is 1. The smallest absolute Gasteiger partial charge is 0.251 e. The van der Waals surface area contributed by atoms with E-state index < -0.39 is 0 Å². The van der Waals surface area contributed by atoms with E-state index in [0.29, 0.717) is 24.5 Å². The molecule has 134 valence electrons. The van der Waals surface area contributed by atoms with Crippen molar-refractivity contribution in [2.24, 2.45) is 0 Å². The van der Waals surface area contributed by atoms with E-state index in [-0.39, 0.29) is 5.91 Å². The highest BCUT2D eigenvalue weighted by Crippen LogP contribution is 2.20. The molecule has 2 heterocycles. The lowest BCUT2D eigenvalue weighted by molar-refractivity contribution is 0.0947. The maximum atomic E-state index is 12.3. The molecule has 0 fully saturated rings. The largest absolute Gasteiger partial charge is 0.491 e. The van der Waals surface area contributed by atoms with E-state index in [1.54, 1.807) is 22.9 Å². The minimum absolute atomic E-state index is 0.176. The Morgan fingerprint density at radius 3 is 2.77 bits per heavy atom. The van der Waals surface area contributed by atoms with E-state index in [1.165, 1.54) is 12.7 Å². The number of aryl methyl sites for hydroxylation is 2. The van der Waals surface area contributed by atoms with Crippen molar-refractivity contribution in [3.05, 3.63) is 65.9 Å². The summed E-state index contributed by atoms with van der Waals surface area (Å²) in [6, 6.07) is 9.53. The van der Waals surface area contributed by atoms with E-state index in [9.17, 15) is 4.79 Å². The minimum atomic E-state index is -0.176. The minimum Gasteiger partial charge on any atom is -0.491 e. The first-order chi connectivity index (χ1) is 12.7.